The zero-order valence-corrected chi connectivity index (χ0v) is 17.8. The minimum absolute atomic E-state index is 0.238. The molecule has 0 amide bonds. The molecule has 5 atom stereocenters. The molecule has 6 heteroatoms. The van der Waals surface area contributed by atoms with Gasteiger partial charge >= 0.3 is 0 Å². The highest BCUT2D eigenvalue weighted by Crippen LogP contribution is 2.30. The summed E-state index contributed by atoms with van der Waals surface area (Å²) in [4.78, 5) is 0. The van der Waals surface area contributed by atoms with Crippen molar-refractivity contribution in [1.82, 2.24) is 0 Å². The Balaban J connectivity index is 1.76. The first-order valence-electron chi connectivity index (χ1n) is 9.98. The smallest absolute Gasteiger partial charge is 0.186 e. The van der Waals surface area contributed by atoms with E-state index in [1.807, 2.05) is 60.7 Å². The Morgan fingerprint density at radius 3 is 1.97 bits per heavy atom. The number of benzene rings is 2. The molecule has 1 aliphatic rings. The fourth-order valence-corrected chi connectivity index (χ4v) is 4.12. The highest BCUT2D eigenvalue weighted by Gasteiger charge is 2.46. The fraction of sp³-hybridized carbons (Fsp3) is 0.478. The van der Waals surface area contributed by atoms with Gasteiger partial charge in [-0.3, -0.25) is 0 Å². The van der Waals surface area contributed by atoms with E-state index in [9.17, 15) is 5.11 Å². The maximum atomic E-state index is 10.9. The lowest BCUT2D eigenvalue weighted by Crippen LogP contribution is -2.60. The maximum absolute atomic E-state index is 10.9. The zero-order valence-electron chi connectivity index (χ0n) is 17.0. The molecule has 0 bridgehead atoms. The van der Waals surface area contributed by atoms with Crippen LogP contribution >= 0.6 is 11.8 Å². The second-order valence-electron chi connectivity index (χ2n) is 6.95. The summed E-state index contributed by atoms with van der Waals surface area (Å²) in [6.07, 6.45) is -2.88. The summed E-state index contributed by atoms with van der Waals surface area (Å²) in [6, 6.07) is 19.9. The fourth-order valence-electron chi connectivity index (χ4n) is 3.38. The lowest BCUT2D eigenvalue weighted by atomic mass is 9.99. The summed E-state index contributed by atoms with van der Waals surface area (Å²) in [5.74, 6) is 1.72. The van der Waals surface area contributed by atoms with Crippen LogP contribution in [0.25, 0.3) is 0 Å². The number of ether oxygens (including phenoxy) is 4. The molecule has 2 aromatic carbocycles. The molecule has 1 heterocycles. The Labute approximate surface area is 177 Å². The molecule has 0 unspecified atom stereocenters. The van der Waals surface area contributed by atoms with Gasteiger partial charge in [-0.25, -0.2) is 0 Å². The van der Waals surface area contributed by atoms with Crippen LogP contribution in [-0.2, 0) is 32.2 Å². The van der Waals surface area contributed by atoms with Crippen LogP contribution in [0.15, 0.2) is 60.7 Å². The minimum Gasteiger partial charge on any atom is -0.385 e. The Bertz CT molecular complexity index is 699. The van der Waals surface area contributed by atoms with Crippen LogP contribution < -0.4 is 0 Å². The van der Waals surface area contributed by atoms with E-state index in [1.165, 1.54) is 7.11 Å². The van der Waals surface area contributed by atoms with Gasteiger partial charge < -0.3 is 24.1 Å². The van der Waals surface area contributed by atoms with Gasteiger partial charge in [0.15, 0.2) is 6.29 Å². The van der Waals surface area contributed by atoms with Gasteiger partial charge in [-0.05, 0) is 16.9 Å². The largest absolute Gasteiger partial charge is 0.385 e. The standard InChI is InChI=1S/C23H30O5S/c1-3-29-16-19-21(26-14-17-10-6-4-7-11-17)22(20(24)23(25-2)28-19)27-15-18-12-8-5-9-13-18/h4-13,19-24H,3,14-16H2,1-2H3/t19-,20+,21-,22-,23+/m1/s1. The molecule has 0 aromatic heterocycles. The van der Waals surface area contributed by atoms with Crippen molar-refractivity contribution in [3.05, 3.63) is 71.8 Å². The molecule has 0 aliphatic carbocycles. The van der Waals surface area contributed by atoms with Gasteiger partial charge in [0.05, 0.1) is 19.3 Å². The molecule has 3 rings (SSSR count). The van der Waals surface area contributed by atoms with Gasteiger partial charge in [0, 0.05) is 12.9 Å². The number of aliphatic hydroxyl groups excluding tert-OH is 1. The van der Waals surface area contributed by atoms with Crippen LogP contribution in [0.3, 0.4) is 0 Å². The molecule has 0 saturated carbocycles. The number of rotatable bonds is 10. The lowest BCUT2D eigenvalue weighted by Gasteiger charge is -2.44. The highest BCUT2D eigenvalue weighted by molar-refractivity contribution is 7.99. The van der Waals surface area contributed by atoms with Crippen molar-refractivity contribution in [3.63, 3.8) is 0 Å². The summed E-state index contributed by atoms with van der Waals surface area (Å²) in [6.45, 7) is 2.93. The first-order chi connectivity index (χ1) is 14.2. The van der Waals surface area contributed by atoms with Crippen LogP contribution in [0.2, 0.25) is 0 Å². The number of thioether (sulfide) groups is 1. The summed E-state index contributed by atoms with van der Waals surface area (Å²) in [7, 11) is 1.54. The van der Waals surface area contributed by atoms with E-state index >= 15 is 0 Å². The molecule has 1 saturated heterocycles. The van der Waals surface area contributed by atoms with Gasteiger partial charge in [-0.15, -0.1) is 0 Å². The third-order valence-corrected chi connectivity index (χ3v) is 5.88. The van der Waals surface area contributed by atoms with E-state index in [0.29, 0.717) is 13.2 Å². The van der Waals surface area contributed by atoms with Gasteiger partial charge in [0.1, 0.15) is 18.3 Å². The summed E-state index contributed by atoms with van der Waals surface area (Å²) < 4.78 is 23.9. The Hall–Kier alpha value is -1.41. The van der Waals surface area contributed by atoms with Gasteiger partial charge in [-0.1, -0.05) is 67.6 Å². The van der Waals surface area contributed by atoms with Crippen LogP contribution in [-0.4, -0.2) is 54.4 Å². The highest BCUT2D eigenvalue weighted by atomic mass is 32.2. The van der Waals surface area contributed by atoms with Crippen LogP contribution in [0.4, 0.5) is 0 Å². The molecule has 29 heavy (non-hydrogen) atoms. The summed E-state index contributed by atoms with van der Waals surface area (Å²) >= 11 is 1.77. The van der Waals surface area contributed by atoms with Crippen molar-refractivity contribution in [1.29, 1.82) is 0 Å². The second kappa shape index (κ2) is 11.7. The summed E-state index contributed by atoms with van der Waals surface area (Å²) in [5.41, 5.74) is 2.11. The van der Waals surface area contributed by atoms with Crippen LogP contribution in [0.5, 0.6) is 0 Å². The third kappa shape index (κ3) is 6.28. The van der Waals surface area contributed by atoms with E-state index in [-0.39, 0.29) is 6.10 Å². The lowest BCUT2D eigenvalue weighted by molar-refractivity contribution is -0.302. The first-order valence-corrected chi connectivity index (χ1v) is 11.1. The van der Waals surface area contributed by atoms with E-state index in [0.717, 1.165) is 22.6 Å². The molecule has 2 aromatic rings. The van der Waals surface area contributed by atoms with Crippen molar-refractivity contribution < 1.29 is 24.1 Å². The number of aliphatic hydroxyl groups is 1. The van der Waals surface area contributed by atoms with Crippen LogP contribution in [0, 0.1) is 0 Å². The normalized spacial score (nSPS) is 27.1. The van der Waals surface area contributed by atoms with Crippen molar-refractivity contribution in [3.8, 4) is 0 Å². The molecular formula is C23H30O5S. The molecule has 1 aliphatic heterocycles. The monoisotopic (exact) mass is 418 g/mol. The Morgan fingerprint density at radius 2 is 1.45 bits per heavy atom. The average Bonchev–Trinajstić information content (AvgIpc) is 2.77. The topological polar surface area (TPSA) is 57.2 Å². The van der Waals surface area contributed by atoms with Crippen molar-refractivity contribution in [2.45, 2.75) is 50.8 Å². The quantitative estimate of drug-likeness (QED) is 0.636. The molecular weight excluding hydrogens is 388 g/mol. The number of hydrogen-bond acceptors (Lipinski definition) is 6. The first kappa shape index (κ1) is 22.3. The molecule has 5 nitrogen and oxygen atoms in total. The second-order valence-corrected chi connectivity index (χ2v) is 8.27. The SMILES string of the molecule is CCSC[C@H]1O[C@H](OC)[C@@H](O)[C@@H](OCc2ccccc2)[C@@H]1OCc1ccccc1. The summed E-state index contributed by atoms with van der Waals surface area (Å²) in [5, 5.41) is 10.9. The van der Waals surface area contributed by atoms with Crippen molar-refractivity contribution in [2.24, 2.45) is 0 Å². The third-order valence-electron chi connectivity index (χ3n) is 4.90. The molecule has 1 fully saturated rings. The van der Waals surface area contributed by atoms with Gasteiger partial charge in [0.25, 0.3) is 0 Å². The molecule has 0 radical (unpaired) electrons. The van der Waals surface area contributed by atoms with E-state index in [4.69, 9.17) is 18.9 Å². The minimum atomic E-state index is -0.938. The van der Waals surface area contributed by atoms with Crippen molar-refractivity contribution >= 4 is 11.8 Å². The Morgan fingerprint density at radius 1 is 0.897 bits per heavy atom. The predicted molar refractivity (Wildman–Crippen MR) is 115 cm³/mol. The number of methoxy groups -OCH3 is 1. The average molecular weight is 419 g/mol. The maximum Gasteiger partial charge on any atom is 0.186 e. The van der Waals surface area contributed by atoms with Gasteiger partial charge in [-0.2, -0.15) is 11.8 Å². The van der Waals surface area contributed by atoms with E-state index < -0.39 is 24.6 Å². The number of hydrogen-bond donors (Lipinski definition) is 1. The Kier molecular flexibility index (Phi) is 8.98. The van der Waals surface area contributed by atoms with E-state index in [2.05, 4.69) is 6.92 Å². The molecule has 158 valence electrons. The predicted octanol–water partition coefficient (Wildman–Crippen LogP) is 3.64. The van der Waals surface area contributed by atoms with Crippen LogP contribution in [0.1, 0.15) is 18.1 Å². The van der Waals surface area contributed by atoms with E-state index in [1.54, 1.807) is 11.8 Å². The molecule has 0 spiro atoms. The van der Waals surface area contributed by atoms with Crippen molar-refractivity contribution in [2.75, 3.05) is 18.6 Å². The zero-order chi connectivity index (χ0) is 20.5. The molecule has 1 N–H and O–H groups in total. The van der Waals surface area contributed by atoms with Gasteiger partial charge in [0.2, 0.25) is 0 Å².